The van der Waals surface area contributed by atoms with Gasteiger partial charge in [0, 0.05) is 18.0 Å². The summed E-state index contributed by atoms with van der Waals surface area (Å²) >= 11 is 0. The Morgan fingerprint density at radius 3 is 2.60 bits per heavy atom. The number of aromatic nitrogens is 2. The number of carboxylic acid groups (broad SMARTS) is 1. The number of nitrogens with one attached hydrogen (secondary N) is 1. The summed E-state index contributed by atoms with van der Waals surface area (Å²) in [7, 11) is 0. The first kappa shape index (κ1) is 16.4. The van der Waals surface area contributed by atoms with Crippen LogP contribution in [0.3, 0.4) is 0 Å². The molecular formula is C19H17N3O3. The Balaban J connectivity index is 1.77. The van der Waals surface area contributed by atoms with Crippen LogP contribution in [0, 0.1) is 0 Å². The number of hydrogen-bond acceptors (Lipinski definition) is 3. The van der Waals surface area contributed by atoms with Crippen molar-refractivity contribution < 1.29 is 9.90 Å². The van der Waals surface area contributed by atoms with Crippen molar-refractivity contribution in [3.05, 3.63) is 88.3 Å². The number of para-hydroxylation sites is 1. The highest BCUT2D eigenvalue weighted by molar-refractivity contribution is 5.82. The van der Waals surface area contributed by atoms with E-state index in [2.05, 4.69) is 10.4 Å². The number of amides is 1. The molecule has 25 heavy (non-hydrogen) atoms. The minimum atomic E-state index is -1.10. The summed E-state index contributed by atoms with van der Waals surface area (Å²) in [5.41, 5.74) is 2.70. The van der Waals surface area contributed by atoms with Crippen LogP contribution in [0.2, 0.25) is 0 Å². The monoisotopic (exact) mass is 335 g/mol. The molecule has 1 heterocycles. The molecule has 0 atom stereocenters. The van der Waals surface area contributed by atoms with Crippen LogP contribution in [0.1, 0.15) is 11.3 Å². The van der Waals surface area contributed by atoms with Crippen molar-refractivity contribution in [1.29, 1.82) is 0 Å². The summed E-state index contributed by atoms with van der Waals surface area (Å²) in [4.78, 5) is 22.8. The van der Waals surface area contributed by atoms with E-state index in [9.17, 15) is 9.59 Å². The molecule has 6 heteroatoms. The summed E-state index contributed by atoms with van der Waals surface area (Å²) in [5.74, 6) is 0. The number of benzene rings is 2. The Bertz CT molecular complexity index is 936. The maximum atomic E-state index is 12.1. The van der Waals surface area contributed by atoms with Gasteiger partial charge >= 0.3 is 6.09 Å². The molecule has 126 valence electrons. The van der Waals surface area contributed by atoms with E-state index >= 15 is 0 Å². The van der Waals surface area contributed by atoms with E-state index in [1.54, 1.807) is 29.1 Å². The fraction of sp³-hybridized carbons (Fsp3) is 0.105. The molecule has 0 aliphatic carbocycles. The summed E-state index contributed by atoms with van der Waals surface area (Å²) in [5, 5.41) is 15.5. The smallest absolute Gasteiger partial charge is 0.409 e. The first-order chi connectivity index (χ1) is 12.1. The van der Waals surface area contributed by atoms with Crippen LogP contribution in [0.25, 0.3) is 5.69 Å². The van der Waals surface area contributed by atoms with Crippen LogP contribution < -0.4 is 10.7 Å². The van der Waals surface area contributed by atoms with Crippen LogP contribution in [0.4, 0.5) is 10.5 Å². The van der Waals surface area contributed by atoms with Crippen molar-refractivity contribution in [2.45, 2.75) is 12.8 Å². The second-order valence-corrected chi connectivity index (χ2v) is 5.54. The minimum absolute atomic E-state index is 0.105. The predicted molar refractivity (Wildman–Crippen MR) is 95.3 cm³/mol. The number of aryl methyl sites for hydroxylation is 2. The summed E-state index contributed by atoms with van der Waals surface area (Å²) in [6, 6.07) is 18.2. The van der Waals surface area contributed by atoms with E-state index in [1.165, 1.54) is 6.07 Å². The Labute approximate surface area is 144 Å². The Kier molecular flexibility index (Phi) is 4.89. The van der Waals surface area contributed by atoms with Crippen molar-refractivity contribution in [1.82, 2.24) is 9.78 Å². The number of rotatable bonds is 5. The molecule has 0 fully saturated rings. The third-order valence-corrected chi connectivity index (χ3v) is 3.73. The zero-order valence-electron chi connectivity index (χ0n) is 13.4. The van der Waals surface area contributed by atoms with Crippen molar-refractivity contribution in [3.8, 4) is 5.69 Å². The van der Waals surface area contributed by atoms with Gasteiger partial charge in [0.2, 0.25) is 5.43 Å². The van der Waals surface area contributed by atoms with E-state index in [0.717, 1.165) is 11.3 Å². The van der Waals surface area contributed by atoms with Gasteiger partial charge in [-0.1, -0.05) is 30.3 Å². The van der Waals surface area contributed by atoms with Crippen molar-refractivity contribution >= 4 is 11.8 Å². The van der Waals surface area contributed by atoms with Crippen molar-refractivity contribution in [2.24, 2.45) is 0 Å². The van der Waals surface area contributed by atoms with Gasteiger partial charge in [0.05, 0.1) is 5.69 Å². The van der Waals surface area contributed by atoms with Gasteiger partial charge < -0.3 is 5.11 Å². The van der Waals surface area contributed by atoms with Crippen LogP contribution in [0.15, 0.2) is 71.7 Å². The average Bonchev–Trinajstić information content (AvgIpc) is 2.61. The number of nitrogens with zero attached hydrogens (tertiary/aromatic N) is 2. The highest BCUT2D eigenvalue weighted by atomic mass is 16.4. The standard InChI is InChI=1S/C19H17N3O3/c23-18-11-12-22(16-7-2-1-3-8-16)21-17(18)10-9-14-5-4-6-15(13-14)20-19(24)25/h1-8,11-13,20H,9-10H2,(H,24,25). The quantitative estimate of drug-likeness (QED) is 0.750. The van der Waals surface area contributed by atoms with Gasteiger partial charge in [0.15, 0.2) is 0 Å². The maximum Gasteiger partial charge on any atom is 0.409 e. The Morgan fingerprint density at radius 2 is 1.84 bits per heavy atom. The van der Waals surface area contributed by atoms with Crippen LogP contribution in [0.5, 0.6) is 0 Å². The largest absolute Gasteiger partial charge is 0.465 e. The lowest BCUT2D eigenvalue weighted by atomic mass is 10.1. The molecule has 0 radical (unpaired) electrons. The lowest BCUT2D eigenvalue weighted by Gasteiger charge is -2.08. The molecule has 0 saturated carbocycles. The third kappa shape index (κ3) is 4.32. The van der Waals surface area contributed by atoms with Crippen molar-refractivity contribution in [3.63, 3.8) is 0 Å². The zero-order chi connectivity index (χ0) is 17.6. The van der Waals surface area contributed by atoms with E-state index in [0.29, 0.717) is 24.2 Å². The van der Waals surface area contributed by atoms with Gasteiger partial charge in [0.25, 0.3) is 0 Å². The third-order valence-electron chi connectivity index (χ3n) is 3.73. The van der Waals surface area contributed by atoms with E-state index in [1.807, 2.05) is 36.4 Å². The van der Waals surface area contributed by atoms with E-state index < -0.39 is 6.09 Å². The minimum Gasteiger partial charge on any atom is -0.465 e. The second-order valence-electron chi connectivity index (χ2n) is 5.54. The summed E-state index contributed by atoms with van der Waals surface area (Å²) in [6.07, 6.45) is 1.62. The fourth-order valence-corrected chi connectivity index (χ4v) is 2.54. The molecule has 3 rings (SSSR count). The number of anilines is 1. The highest BCUT2D eigenvalue weighted by Gasteiger charge is 2.06. The molecule has 1 amide bonds. The van der Waals surface area contributed by atoms with Crippen LogP contribution in [-0.2, 0) is 12.8 Å². The molecule has 3 aromatic rings. The summed E-state index contributed by atoms with van der Waals surface area (Å²) < 4.78 is 1.68. The van der Waals surface area contributed by atoms with E-state index in [-0.39, 0.29) is 5.43 Å². The van der Waals surface area contributed by atoms with Crippen molar-refractivity contribution in [2.75, 3.05) is 5.32 Å². The Hall–Kier alpha value is -3.41. The predicted octanol–water partition coefficient (Wildman–Crippen LogP) is 3.11. The number of carbonyl (C=O) groups is 1. The van der Waals surface area contributed by atoms with Gasteiger partial charge in [-0.15, -0.1) is 0 Å². The SMILES string of the molecule is O=C(O)Nc1cccc(CCc2nn(-c3ccccc3)ccc2=O)c1. The zero-order valence-corrected chi connectivity index (χ0v) is 13.4. The molecule has 0 unspecified atom stereocenters. The van der Waals surface area contributed by atoms with Crippen LogP contribution >= 0.6 is 0 Å². The van der Waals surface area contributed by atoms with E-state index in [4.69, 9.17) is 5.11 Å². The van der Waals surface area contributed by atoms with Gasteiger partial charge in [0.1, 0.15) is 5.69 Å². The highest BCUT2D eigenvalue weighted by Crippen LogP contribution is 2.12. The average molecular weight is 335 g/mol. The van der Waals surface area contributed by atoms with Gasteiger partial charge in [-0.2, -0.15) is 5.10 Å². The molecule has 0 aliphatic rings. The maximum absolute atomic E-state index is 12.1. The van der Waals surface area contributed by atoms with Gasteiger partial charge in [-0.05, 0) is 42.7 Å². The van der Waals surface area contributed by atoms with Gasteiger partial charge in [-0.3, -0.25) is 10.1 Å². The molecule has 2 N–H and O–H groups in total. The Morgan fingerprint density at radius 1 is 1.04 bits per heavy atom. The topological polar surface area (TPSA) is 84.2 Å². The molecule has 2 aromatic carbocycles. The number of hydrogen-bond donors (Lipinski definition) is 2. The first-order valence-corrected chi connectivity index (χ1v) is 7.85. The summed E-state index contributed by atoms with van der Waals surface area (Å²) in [6.45, 7) is 0. The van der Waals surface area contributed by atoms with Gasteiger partial charge in [-0.25, -0.2) is 9.48 Å². The molecule has 0 spiro atoms. The molecular weight excluding hydrogens is 318 g/mol. The van der Waals surface area contributed by atoms with Crippen LogP contribution in [-0.4, -0.2) is 21.0 Å². The molecule has 0 bridgehead atoms. The fourth-order valence-electron chi connectivity index (χ4n) is 2.54. The lowest BCUT2D eigenvalue weighted by molar-refractivity contribution is 0.210. The molecule has 0 aliphatic heterocycles. The molecule has 6 nitrogen and oxygen atoms in total. The second kappa shape index (κ2) is 7.44. The molecule has 1 aromatic heterocycles. The first-order valence-electron chi connectivity index (χ1n) is 7.85. The lowest BCUT2D eigenvalue weighted by Crippen LogP contribution is -2.16. The normalized spacial score (nSPS) is 10.4. The molecule has 0 saturated heterocycles.